The van der Waals surface area contributed by atoms with Crippen LogP contribution in [-0.4, -0.2) is 9.97 Å². The first kappa shape index (κ1) is 11.2. The summed E-state index contributed by atoms with van der Waals surface area (Å²) in [4.78, 5) is 6.97. The summed E-state index contributed by atoms with van der Waals surface area (Å²) < 4.78 is 14.2. The molecule has 0 aliphatic carbocycles. The fourth-order valence-electron chi connectivity index (χ4n) is 1.37. The lowest BCUT2D eigenvalue weighted by atomic mass is 10.1. The van der Waals surface area contributed by atoms with Gasteiger partial charge in [0.25, 0.3) is 0 Å². The zero-order chi connectivity index (χ0) is 11.5. The van der Waals surface area contributed by atoms with Crippen molar-refractivity contribution in [2.75, 3.05) is 0 Å². The van der Waals surface area contributed by atoms with E-state index in [9.17, 15) is 4.39 Å². The summed E-state index contributed by atoms with van der Waals surface area (Å²) in [6, 6.07) is 6.57. The first-order valence-corrected chi connectivity index (χ1v) is 5.42. The number of hydrogen-bond acceptors (Lipinski definition) is 2. The van der Waals surface area contributed by atoms with Crippen molar-refractivity contribution >= 4 is 23.8 Å². The molecule has 2 nitrogen and oxygen atoms in total. The van der Waals surface area contributed by atoms with E-state index in [1.165, 1.54) is 6.07 Å². The lowest BCUT2D eigenvalue weighted by Crippen LogP contribution is -1.98. The molecule has 0 spiro atoms. The highest BCUT2D eigenvalue weighted by atomic mass is 35.5. The number of hydrogen-bond donors (Lipinski definition) is 1. The molecule has 0 radical (unpaired) electrons. The number of nitrogens with one attached hydrogen (secondary N) is 1. The average molecular weight is 255 g/mol. The van der Waals surface area contributed by atoms with Gasteiger partial charge >= 0.3 is 0 Å². The van der Waals surface area contributed by atoms with E-state index in [0.717, 1.165) is 0 Å². The Bertz CT molecular complexity index is 568. The standard InChI is InChI=1S/C11H8ClFN2S/c12-8-3-1-2-7(11(8)13)6-9-14-5-4-10(16)15-9/h1-5H,6H2,(H,14,15,16). The van der Waals surface area contributed by atoms with E-state index in [0.29, 0.717) is 22.4 Å². The van der Waals surface area contributed by atoms with Crippen LogP contribution in [0.2, 0.25) is 5.02 Å². The number of benzene rings is 1. The zero-order valence-electron chi connectivity index (χ0n) is 8.21. The molecule has 1 N–H and O–H groups in total. The molecule has 1 aromatic heterocycles. The molecular formula is C11H8ClFN2S. The second-order valence-corrected chi connectivity index (χ2v) is 4.12. The normalized spacial score (nSPS) is 10.4. The van der Waals surface area contributed by atoms with E-state index in [2.05, 4.69) is 9.97 Å². The first-order valence-electron chi connectivity index (χ1n) is 4.64. The Morgan fingerprint density at radius 2 is 2.19 bits per heavy atom. The van der Waals surface area contributed by atoms with E-state index >= 15 is 0 Å². The van der Waals surface area contributed by atoms with Crippen molar-refractivity contribution in [3.63, 3.8) is 0 Å². The maximum atomic E-state index is 13.6. The van der Waals surface area contributed by atoms with Crippen LogP contribution >= 0.6 is 23.8 Å². The van der Waals surface area contributed by atoms with Crippen LogP contribution in [0.1, 0.15) is 11.4 Å². The molecule has 2 rings (SSSR count). The van der Waals surface area contributed by atoms with Crippen molar-refractivity contribution in [1.82, 2.24) is 9.97 Å². The van der Waals surface area contributed by atoms with Crippen LogP contribution in [0.15, 0.2) is 30.5 Å². The second kappa shape index (κ2) is 4.72. The summed E-state index contributed by atoms with van der Waals surface area (Å²) in [5.41, 5.74) is 0.497. The maximum absolute atomic E-state index is 13.6. The minimum Gasteiger partial charge on any atom is -0.335 e. The Kier molecular flexibility index (Phi) is 3.31. The topological polar surface area (TPSA) is 28.7 Å². The van der Waals surface area contributed by atoms with E-state index in [1.54, 1.807) is 24.4 Å². The monoisotopic (exact) mass is 254 g/mol. The third-order valence-electron chi connectivity index (χ3n) is 2.11. The van der Waals surface area contributed by atoms with Gasteiger partial charge in [-0.05, 0) is 17.7 Å². The summed E-state index contributed by atoms with van der Waals surface area (Å²) in [6.07, 6.45) is 1.94. The van der Waals surface area contributed by atoms with E-state index in [1.807, 2.05) is 0 Å². The molecule has 0 atom stereocenters. The van der Waals surface area contributed by atoms with Crippen LogP contribution in [0.5, 0.6) is 0 Å². The molecule has 0 saturated heterocycles. The summed E-state index contributed by atoms with van der Waals surface area (Å²) in [5.74, 6) is 0.211. The molecule has 1 heterocycles. The van der Waals surface area contributed by atoms with Crippen LogP contribution in [-0.2, 0) is 6.42 Å². The minimum atomic E-state index is -0.408. The molecule has 16 heavy (non-hydrogen) atoms. The zero-order valence-corrected chi connectivity index (χ0v) is 9.78. The van der Waals surface area contributed by atoms with E-state index < -0.39 is 5.82 Å². The van der Waals surface area contributed by atoms with Crippen LogP contribution in [0.25, 0.3) is 0 Å². The first-order chi connectivity index (χ1) is 7.66. The summed E-state index contributed by atoms with van der Waals surface area (Å²) in [7, 11) is 0. The molecule has 0 unspecified atom stereocenters. The largest absolute Gasteiger partial charge is 0.335 e. The average Bonchev–Trinajstić information content (AvgIpc) is 2.25. The molecule has 0 bridgehead atoms. The fourth-order valence-corrected chi connectivity index (χ4v) is 1.74. The second-order valence-electron chi connectivity index (χ2n) is 3.27. The number of aromatic nitrogens is 2. The maximum Gasteiger partial charge on any atom is 0.145 e. The van der Waals surface area contributed by atoms with Gasteiger partial charge in [-0.25, -0.2) is 9.37 Å². The third-order valence-corrected chi connectivity index (χ3v) is 2.64. The molecule has 5 heteroatoms. The van der Waals surface area contributed by atoms with E-state index in [4.69, 9.17) is 23.8 Å². The van der Waals surface area contributed by atoms with Crippen molar-refractivity contribution < 1.29 is 4.39 Å². The van der Waals surface area contributed by atoms with Gasteiger partial charge in [0.1, 0.15) is 16.3 Å². The van der Waals surface area contributed by atoms with Gasteiger partial charge in [-0.1, -0.05) is 36.0 Å². The predicted octanol–water partition coefficient (Wildman–Crippen LogP) is 3.52. The van der Waals surface area contributed by atoms with Gasteiger partial charge in [-0.3, -0.25) is 0 Å². The number of halogens is 2. The SMILES string of the molecule is Fc1c(Cl)cccc1Cc1nccc(=S)[nH]1. The fraction of sp³-hybridized carbons (Fsp3) is 0.0909. The highest BCUT2D eigenvalue weighted by molar-refractivity contribution is 7.71. The van der Waals surface area contributed by atoms with Crippen LogP contribution in [0, 0.1) is 10.5 Å². The number of H-pyrrole nitrogens is 1. The molecule has 2 aromatic rings. The molecular weight excluding hydrogens is 247 g/mol. The van der Waals surface area contributed by atoms with Crippen LogP contribution in [0.4, 0.5) is 4.39 Å². The van der Waals surface area contributed by atoms with Gasteiger partial charge in [0, 0.05) is 12.6 Å². The van der Waals surface area contributed by atoms with Gasteiger partial charge in [-0.15, -0.1) is 0 Å². The van der Waals surface area contributed by atoms with Crippen molar-refractivity contribution in [2.24, 2.45) is 0 Å². The Balaban J connectivity index is 2.34. The van der Waals surface area contributed by atoms with Crippen molar-refractivity contribution in [3.05, 3.63) is 57.3 Å². The minimum absolute atomic E-state index is 0.118. The highest BCUT2D eigenvalue weighted by Crippen LogP contribution is 2.19. The van der Waals surface area contributed by atoms with Gasteiger partial charge < -0.3 is 4.98 Å². The third kappa shape index (κ3) is 2.46. The van der Waals surface area contributed by atoms with Gasteiger partial charge in [-0.2, -0.15) is 0 Å². The number of rotatable bonds is 2. The van der Waals surface area contributed by atoms with Gasteiger partial charge in [0.15, 0.2) is 0 Å². The van der Waals surface area contributed by atoms with Crippen LogP contribution in [0.3, 0.4) is 0 Å². The molecule has 0 amide bonds. The Hall–Kier alpha value is -1.26. The van der Waals surface area contributed by atoms with Crippen molar-refractivity contribution in [1.29, 1.82) is 0 Å². The molecule has 1 aromatic carbocycles. The summed E-state index contributed by atoms with van der Waals surface area (Å²) >= 11 is 10.6. The molecule has 0 aliphatic heterocycles. The highest BCUT2D eigenvalue weighted by Gasteiger charge is 2.07. The quantitative estimate of drug-likeness (QED) is 0.831. The molecule has 0 aliphatic rings. The number of nitrogens with zero attached hydrogens (tertiary/aromatic N) is 1. The molecule has 0 fully saturated rings. The Morgan fingerprint density at radius 3 is 2.94 bits per heavy atom. The molecule has 82 valence electrons. The summed E-state index contributed by atoms with van der Waals surface area (Å²) in [6.45, 7) is 0. The van der Waals surface area contributed by atoms with Crippen molar-refractivity contribution in [3.8, 4) is 0 Å². The van der Waals surface area contributed by atoms with Gasteiger partial charge in [0.05, 0.1) is 5.02 Å². The van der Waals surface area contributed by atoms with Crippen LogP contribution < -0.4 is 0 Å². The number of aromatic amines is 1. The lowest BCUT2D eigenvalue weighted by Gasteiger charge is -2.03. The van der Waals surface area contributed by atoms with Gasteiger partial charge in [0.2, 0.25) is 0 Å². The van der Waals surface area contributed by atoms with Crippen molar-refractivity contribution in [2.45, 2.75) is 6.42 Å². The van der Waals surface area contributed by atoms with E-state index in [-0.39, 0.29) is 5.02 Å². The Labute approximate surface area is 102 Å². The lowest BCUT2D eigenvalue weighted by molar-refractivity contribution is 0.612. The predicted molar refractivity (Wildman–Crippen MR) is 63.6 cm³/mol. The summed E-state index contributed by atoms with van der Waals surface area (Å²) in [5, 5.41) is 0.118. The Morgan fingerprint density at radius 1 is 1.38 bits per heavy atom. The smallest absolute Gasteiger partial charge is 0.145 e. The molecule has 0 saturated carbocycles.